The van der Waals surface area contributed by atoms with Crippen LogP contribution in [0.1, 0.15) is 25.5 Å². The van der Waals surface area contributed by atoms with Gasteiger partial charge < -0.3 is 9.84 Å². The lowest BCUT2D eigenvalue weighted by molar-refractivity contribution is 0.249. The Hall–Kier alpha value is -1.52. The van der Waals surface area contributed by atoms with Crippen molar-refractivity contribution in [1.82, 2.24) is 10.5 Å². The summed E-state index contributed by atoms with van der Waals surface area (Å²) in [6.07, 6.45) is 0. The lowest BCUT2D eigenvalue weighted by Crippen LogP contribution is -2.34. The largest absolute Gasteiger partial charge is 0.359 e. The SMILES string of the molecule is CNC(=O)N(C)c1cc(C(C)C)on1. The van der Waals surface area contributed by atoms with Crippen molar-refractivity contribution in [2.75, 3.05) is 19.0 Å². The molecular weight excluding hydrogens is 182 g/mol. The smallest absolute Gasteiger partial charge is 0.322 e. The van der Waals surface area contributed by atoms with Gasteiger partial charge in [0.25, 0.3) is 0 Å². The fourth-order valence-electron chi connectivity index (χ4n) is 0.981. The molecule has 0 aliphatic carbocycles. The van der Waals surface area contributed by atoms with Gasteiger partial charge in [0.15, 0.2) is 5.82 Å². The highest BCUT2D eigenvalue weighted by molar-refractivity contribution is 5.90. The van der Waals surface area contributed by atoms with E-state index in [2.05, 4.69) is 10.5 Å². The molecule has 2 amide bonds. The van der Waals surface area contributed by atoms with Crippen LogP contribution in [0, 0.1) is 0 Å². The van der Waals surface area contributed by atoms with Gasteiger partial charge >= 0.3 is 6.03 Å². The van der Waals surface area contributed by atoms with Crippen molar-refractivity contribution in [3.8, 4) is 0 Å². The molecule has 5 heteroatoms. The van der Waals surface area contributed by atoms with Crippen LogP contribution in [0.3, 0.4) is 0 Å². The molecule has 0 radical (unpaired) electrons. The number of hydrogen-bond acceptors (Lipinski definition) is 3. The topological polar surface area (TPSA) is 58.4 Å². The van der Waals surface area contributed by atoms with E-state index >= 15 is 0 Å². The van der Waals surface area contributed by atoms with E-state index in [9.17, 15) is 4.79 Å². The third-order valence-corrected chi connectivity index (χ3v) is 1.95. The molecule has 1 aromatic heterocycles. The molecule has 0 unspecified atom stereocenters. The molecule has 0 aromatic carbocycles. The lowest BCUT2D eigenvalue weighted by atomic mass is 10.2. The van der Waals surface area contributed by atoms with Gasteiger partial charge in [-0.3, -0.25) is 4.90 Å². The van der Waals surface area contributed by atoms with E-state index in [4.69, 9.17) is 4.52 Å². The zero-order chi connectivity index (χ0) is 10.7. The fraction of sp³-hybridized carbons (Fsp3) is 0.556. The van der Waals surface area contributed by atoms with Crippen molar-refractivity contribution in [1.29, 1.82) is 0 Å². The van der Waals surface area contributed by atoms with Gasteiger partial charge in [-0.25, -0.2) is 4.79 Å². The van der Waals surface area contributed by atoms with Gasteiger partial charge in [-0.15, -0.1) is 0 Å². The molecule has 1 rings (SSSR count). The average Bonchev–Trinajstić information content (AvgIpc) is 2.64. The molecule has 1 heterocycles. The van der Waals surface area contributed by atoms with Crippen molar-refractivity contribution >= 4 is 11.8 Å². The van der Waals surface area contributed by atoms with E-state index in [0.717, 1.165) is 5.76 Å². The highest BCUT2D eigenvalue weighted by Crippen LogP contribution is 2.19. The van der Waals surface area contributed by atoms with Gasteiger partial charge in [-0.05, 0) is 0 Å². The molecule has 0 atom stereocenters. The van der Waals surface area contributed by atoms with Gasteiger partial charge in [0.05, 0.1) is 0 Å². The number of hydrogen-bond donors (Lipinski definition) is 1. The molecule has 5 nitrogen and oxygen atoms in total. The highest BCUT2D eigenvalue weighted by Gasteiger charge is 2.14. The number of carbonyl (C=O) groups is 1. The van der Waals surface area contributed by atoms with E-state index in [-0.39, 0.29) is 11.9 Å². The molecule has 1 N–H and O–H groups in total. The zero-order valence-electron chi connectivity index (χ0n) is 8.87. The number of anilines is 1. The first kappa shape index (κ1) is 10.6. The third-order valence-electron chi connectivity index (χ3n) is 1.95. The second kappa shape index (κ2) is 4.13. The number of rotatable bonds is 2. The number of urea groups is 1. The van der Waals surface area contributed by atoms with Crippen molar-refractivity contribution in [3.63, 3.8) is 0 Å². The Kier molecular flexibility index (Phi) is 3.11. The molecule has 1 aromatic rings. The zero-order valence-corrected chi connectivity index (χ0v) is 8.87. The normalized spacial score (nSPS) is 10.4. The summed E-state index contributed by atoms with van der Waals surface area (Å²) in [5, 5.41) is 6.30. The Bertz CT molecular complexity index is 320. The summed E-state index contributed by atoms with van der Waals surface area (Å²) < 4.78 is 5.07. The fourth-order valence-corrected chi connectivity index (χ4v) is 0.981. The Balaban J connectivity index is 2.81. The maximum Gasteiger partial charge on any atom is 0.322 e. The van der Waals surface area contributed by atoms with E-state index in [1.165, 1.54) is 4.90 Å². The van der Waals surface area contributed by atoms with Crippen LogP contribution < -0.4 is 10.2 Å². The Morgan fingerprint density at radius 1 is 1.64 bits per heavy atom. The van der Waals surface area contributed by atoms with Crippen molar-refractivity contribution in [3.05, 3.63) is 11.8 Å². The first-order chi connectivity index (χ1) is 6.56. The maximum absolute atomic E-state index is 11.2. The quantitative estimate of drug-likeness (QED) is 0.783. The average molecular weight is 197 g/mol. The first-order valence-corrected chi connectivity index (χ1v) is 4.48. The van der Waals surface area contributed by atoms with Crippen LogP contribution in [-0.2, 0) is 0 Å². The van der Waals surface area contributed by atoms with Gasteiger partial charge in [-0.2, -0.15) is 0 Å². The molecule has 0 fully saturated rings. The highest BCUT2D eigenvalue weighted by atomic mass is 16.5. The standard InChI is InChI=1S/C9H15N3O2/c1-6(2)7-5-8(11-14-7)12(4)9(13)10-3/h5-6H,1-4H3,(H,10,13). The van der Waals surface area contributed by atoms with Crippen LogP contribution in [0.15, 0.2) is 10.6 Å². The molecule has 0 spiro atoms. The van der Waals surface area contributed by atoms with Crippen molar-refractivity contribution in [2.45, 2.75) is 19.8 Å². The number of nitrogens with zero attached hydrogens (tertiary/aromatic N) is 2. The lowest BCUT2D eigenvalue weighted by Gasteiger charge is -2.11. The van der Waals surface area contributed by atoms with Gasteiger partial charge in [0.1, 0.15) is 5.76 Å². The third kappa shape index (κ3) is 2.04. The van der Waals surface area contributed by atoms with E-state index in [1.54, 1.807) is 20.2 Å². The second-order valence-corrected chi connectivity index (χ2v) is 3.36. The Labute approximate surface area is 83.1 Å². The van der Waals surface area contributed by atoms with Crippen LogP contribution in [0.25, 0.3) is 0 Å². The molecule has 14 heavy (non-hydrogen) atoms. The molecule has 0 bridgehead atoms. The summed E-state index contributed by atoms with van der Waals surface area (Å²) in [7, 11) is 3.21. The summed E-state index contributed by atoms with van der Waals surface area (Å²) in [6.45, 7) is 4.01. The Morgan fingerprint density at radius 3 is 2.71 bits per heavy atom. The van der Waals surface area contributed by atoms with Gasteiger partial charge in [-0.1, -0.05) is 19.0 Å². The van der Waals surface area contributed by atoms with Crippen LogP contribution >= 0.6 is 0 Å². The number of amides is 2. The summed E-state index contributed by atoms with van der Waals surface area (Å²) in [6, 6.07) is 1.55. The maximum atomic E-state index is 11.2. The summed E-state index contributed by atoms with van der Waals surface area (Å²) >= 11 is 0. The summed E-state index contributed by atoms with van der Waals surface area (Å²) in [4.78, 5) is 12.6. The van der Waals surface area contributed by atoms with Crippen LogP contribution in [0.2, 0.25) is 0 Å². The molecule has 78 valence electrons. The number of carbonyl (C=O) groups excluding carboxylic acids is 1. The molecular formula is C9H15N3O2. The predicted octanol–water partition coefficient (Wildman–Crippen LogP) is 1.57. The van der Waals surface area contributed by atoms with Crippen molar-refractivity contribution in [2.24, 2.45) is 0 Å². The minimum Gasteiger partial charge on any atom is -0.359 e. The van der Waals surface area contributed by atoms with E-state index < -0.39 is 0 Å². The summed E-state index contributed by atoms with van der Waals surface area (Å²) in [5.41, 5.74) is 0. The monoisotopic (exact) mass is 197 g/mol. The molecule has 0 saturated heterocycles. The Morgan fingerprint density at radius 2 is 2.29 bits per heavy atom. The summed E-state index contributed by atoms with van der Waals surface area (Å²) in [5.74, 6) is 1.57. The van der Waals surface area contributed by atoms with Crippen LogP contribution in [0.5, 0.6) is 0 Å². The van der Waals surface area contributed by atoms with Crippen LogP contribution in [0.4, 0.5) is 10.6 Å². The minimum absolute atomic E-state index is 0.214. The number of nitrogens with one attached hydrogen (secondary N) is 1. The second-order valence-electron chi connectivity index (χ2n) is 3.36. The van der Waals surface area contributed by atoms with Crippen molar-refractivity contribution < 1.29 is 9.32 Å². The number of aromatic nitrogens is 1. The van der Waals surface area contributed by atoms with Gasteiger partial charge in [0.2, 0.25) is 0 Å². The van der Waals surface area contributed by atoms with E-state index in [0.29, 0.717) is 5.82 Å². The first-order valence-electron chi connectivity index (χ1n) is 4.48. The predicted molar refractivity (Wildman–Crippen MR) is 53.5 cm³/mol. The molecule has 0 aliphatic heterocycles. The van der Waals surface area contributed by atoms with Crippen LogP contribution in [-0.4, -0.2) is 25.3 Å². The van der Waals surface area contributed by atoms with E-state index in [1.807, 2.05) is 13.8 Å². The molecule has 0 saturated carbocycles. The van der Waals surface area contributed by atoms with Gasteiger partial charge in [0, 0.05) is 26.1 Å². The minimum atomic E-state index is -0.214. The molecule has 0 aliphatic rings.